The van der Waals surface area contributed by atoms with Gasteiger partial charge in [-0.05, 0) is 65.2 Å². The summed E-state index contributed by atoms with van der Waals surface area (Å²) in [5, 5.41) is 60.5. The Morgan fingerprint density at radius 1 is 0.590 bits per heavy atom. The molecule has 24 heteroatoms. The second-order valence-corrected chi connectivity index (χ2v) is 22.5. The summed E-state index contributed by atoms with van der Waals surface area (Å²) in [5.74, 6) is -9.68. The molecule has 0 saturated carbocycles. The molecule has 4 amide bonds. The number of H-pyrrole nitrogens is 1. The number of hydrogen-bond acceptors (Lipinski definition) is 16. The van der Waals surface area contributed by atoms with Crippen LogP contribution in [0, 0.1) is 17.3 Å². The Balaban J connectivity index is 2.46. The fourth-order valence-electron chi connectivity index (χ4n) is 9.50. The quantitative estimate of drug-likeness (QED) is 0.0391. The van der Waals surface area contributed by atoms with Crippen LogP contribution in [0.3, 0.4) is 0 Å². The summed E-state index contributed by atoms with van der Waals surface area (Å²) < 4.78 is 0. The molecule has 1 rings (SSSR count). The molecular weight excluding hydrogens is 1080 g/mol. The topological polar surface area (TPSA) is 395 Å². The third kappa shape index (κ3) is 36.1. The number of aliphatic carboxylic acids is 3. The van der Waals surface area contributed by atoms with E-state index in [0.717, 1.165) is 63.5 Å². The van der Waals surface area contributed by atoms with Crippen LogP contribution in [-0.2, 0) is 64.0 Å². The van der Waals surface area contributed by atoms with Crippen molar-refractivity contribution in [3.8, 4) is 0 Å². The van der Waals surface area contributed by atoms with E-state index in [4.69, 9.17) is 5.11 Å². The van der Waals surface area contributed by atoms with E-state index in [-0.39, 0.29) is 94.6 Å². The van der Waals surface area contributed by atoms with Crippen LogP contribution in [0.1, 0.15) is 213 Å². The van der Waals surface area contributed by atoms with Crippen molar-refractivity contribution in [1.29, 1.82) is 0 Å². The summed E-state index contributed by atoms with van der Waals surface area (Å²) in [5.41, 5.74) is -0.198. The van der Waals surface area contributed by atoms with Crippen LogP contribution in [0.4, 0.5) is 0 Å². The van der Waals surface area contributed by atoms with Gasteiger partial charge in [-0.25, -0.2) is 9.78 Å². The highest BCUT2D eigenvalue weighted by molar-refractivity contribution is 5.93. The molecule has 83 heavy (non-hydrogen) atoms. The maximum atomic E-state index is 13.4. The second-order valence-electron chi connectivity index (χ2n) is 22.5. The molecule has 6 atom stereocenters. The highest BCUT2D eigenvalue weighted by Gasteiger charge is 2.33. The molecule has 24 nitrogen and oxygen atoms in total. The smallest absolute Gasteiger partial charge is 0.326 e. The zero-order valence-electron chi connectivity index (χ0n) is 49.5. The van der Waals surface area contributed by atoms with Gasteiger partial charge in [0.2, 0.25) is 23.6 Å². The van der Waals surface area contributed by atoms with Crippen LogP contribution < -0.4 is 26.6 Å². The van der Waals surface area contributed by atoms with Crippen molar-refractivity contribution in [2.45, 2.75) is 238 Å². The van der Waals surface area contributed by atoms with Gasteiger partial charge in [0.1, 0.15) is 35.5 Å². The lowest BCUT2D eigenvalue weighted by Gasteiger charge is -2.25. The summed E-state index contributed by atoms with van der Waals surface area (Å²) in [6, 6.07) is -4.12. The summed E-state index contributed by atoms with van der Waals surface area (Å²) in [7, 11) is 0. The molecule has 0 spiro atoms. The number of carbonyl (C=O) groups excluding carboxylic acids is 9. The van der Waals surface area contributed by atoms with Crippen LogP contribution in [0.25, 0.3) is 0 Å². The van der Waals surface area contributed by atoms with Gasteiger partial charge in [0.15, 0.2) is 11.6 Å². The van der Waals surface area contributed by atoms with Gasteiger partial charge < -0.3 is 57.1 Å². The molecule has 1 aromatic heterocycles. The number of unbranched alkanes of at least 4 members (excludes halogenated alkanes) is 14. The normalized spacial score (nSPS) is 13.6. The summed E-state index contributed by atoms with van der Waals surface area (Å²) in [6.45, 7) is 4.54. The Bertz CT molecular complexity index is 2180. The van der Waals surface area contributed by atoms with Gasteiger partial charge in [-0.1, -0.05) is 97.3 Å². The SMILES string of the molecule is CC(=O)[C@@H](NC(=O)[C@H](CCCCNC(=O)CNCC(=O)[C@H](CO)NC(=O)CCC(NC(=O)CCC(CC(=O)CCCCCCCCCCCCCCCCC(=O)O)C(=O)O)C(=O)O)CCC(=O)C(C)(C)CC(=O)CCc1cnc[nH]1)[C@@H](C)O. The number of aliphatic hydroxyl groups is 2. The largest absolute Gasteiger partial charge is 0.481 e. The maximum absolute atomic E-state index is 13.4. The number of nitrogens with zero attached hydrogens (tertiary/aromatic N) is 1. The molecule has 0 aromatic carbocycles. The Labute approximate surface area is 488 Å². The van der Waals surface area contributed by atoms with E-state index in [1.165, 1.54) is 45.9 Å². The van der Waals surface area contributed by atoms with Gasteiger partial charge in [-0.3, -0.25) is 52.7 Å². The number of carboxylic acid groups (broad SMARTS) is 3. The van der Waals surface area contributed by atoms with Crippen LogP contribution >= 0.6 is 0 Å². The number of imidazole rings is 1. The minimum atomic E-state index is -1.55. The number of Topliss-reactive ketones (excluding diaryl/α,β-unsaturated/α-hetero) is 5. The van der Waals surface area contributed by atoms with Crippen molar-refractivity contribution in [1.82, 2.24) is 36.6 Å². The summed E-state index contributed by atoms with van der Waals surface area (Å²) >= 11 is 0. The van der Waals surface area contributed by atoms with E-state index in [0.29, 0.717) is 25.7 Å². The fraction of sp³-hybridized carbons (Fsp3) is 0.746. The average molecular weight is 1180 g/mol. The predicted octanol–water partition coefficient (Wildman–Crippen LogP) is 4.79. The molecule has 0 aliphatic rings. The third-order valence-corrected chi connectivity index (χ3v) is 14.7. The molecule has 0 fully saturated rings. The molecule has 0 aliphatic heterocycles. The lowest BCUT2D eigenvalue weighted by Crippen LogP contribution is -2.49. The molecular formula is C59H97N7O17. The molecule has 0 aliphatic carbocycles. The molecule has 1 heterocycles. The Morgan fingerprint density at radius 2 is 1.14 bits per heavy atom. The first kappa shape index (κ1) is 74.7. The van der Waals surface area contributed by atoms with Crippen molar-refractivity contribution in [2.75, 3.05) is 26.2 Å². The van der Waals surface area contributed by atoms with E-state index < -0.39 is 121 Å². The number of carboxylic acids is 3. The van der Waals surface area contributed by atoms with Gasteiger partial charge >= 0.3 is 17.9 Å². The highest BCUT2D eigenvalue weighted by atomic mass is 16.4. The van der Waals surface area contributed by atoms with Crippen molar-refractivity contribution < 1.29 is 83.1 Å². The molecule has 0 bridgehead atoms. The van der Waals surface area contributed by atoms with Crippen molar-refractivity contribution >= 4 is 70.5 Å². The minimum absolute atomic E-state index is 0.0110. The van der Waals surface area contributed by atoms with Gasteiger partial charge in [-0.2, -0.15) is 0 Å². The average Bonchev–Trinajstić information content (AvgIpc) is 3.96. The number of aryl methyl sites for hydroxylation is 1. The van der Waals surface area contributed by atoms with Crippen molar-refractivity contribution in [2.24, 2.45) is 17.3 Å². The first-order valence-electron chi connectivity index (χ1n) is 29.8. The number of aliphatic hydroxyl groups excluding tert-OH is 2. The van der Waals surface area contributed by atoms with E-state index in [1.54, 1.807) is 20.0 Å². The number of hydrogen-bond donors (Lipinski definition) is 11. The van der Waals surface area contributed by atoms with Gasteiger partial charge in [0, 0.05) is 81.1 Å². The number of amides is 4. The van der Waals surface area contributed by atoms with Crippen LogP contribution in [0.15, 0.2) is 12.5 Å². The zero-order valence-corrected chi connectivity index (χ0v) is 49.5. The highest BCUT2D eigenvalue weighted by Crippen LogP contribution is 2.28. The molecule has 0 saturated heterocycles. The van der Waals surface area contributed by atoms with Crippen LogP contribution in [0.2, 0.25) is 0 Å². The van der Waals surface area contributed by atoms with Gasteiger partial charge in [0.25, 0.3) is 0 Å². The molecule has 2 unspecified atom stereocenters. The molecule has 470 valence electrons. The number of nitrogens with one attached hydrogen (secondary N) is 6. The molecule has 0 radical (unpaired) electrons. The maximum Gasteiger partial charge on any atom is 0.326 e. The number of carbonyl (C=O) groups is 12. The third-order valence-electron chi connectivity index (χ3n) is 14.7. The van der Waals surface area contributed by atoms with E-state index >= 15 is 0 Å². The summed E-state index contributed by atoms with van der Waals surface area (Å²) in [6.07, 6.45) is 16.9. The number of ketones is 5. The summed E-state index contributed by atoms with van der Waals surface area (Å²) in [4.78, 5) is 156. The Kier molecular flexibility index (Phi) is 39.1. The van der Waals surface area contributed by atoms with Gasteiger partial charge in [-0.15, -0.1) is 0 Å². The lowest BCUT2D eigenvalue weighted by molar-refractivity contribution is -0.145. The minimum Gasteiger partial charge on any atom is -0.481 e. The molecule has 1 aromatic rings. The molecule has 11 N–H and O–H groups in total. The standard InChI is InChI=1S/C59H97N7O17/c1-40(68)55(41(2)69)66-56(79)42(24-29-50(73)59(3,4)34-46(71)27-26-44-35-61-39-63-44)21-19-20-32-62-53(76)37-60-36-49(72)48(38-67)65-52(75)31-28-47(58(82)83)64-51(74)30-25-43(57(80)81)33-45(70)22-17-15-13-11-9-7-5-6-8-10-12-14-16-18-23-54(77)78/h35,39-40,42-43,47-48,55,60,67-68H,5-34,36-38H2,1-4H3,(H,61,63)(H,62,76)(H,64,74)(H,65,75)(H,66,79)(H,77,78)(H,80,81)(H,82,83)/t40-,42-,43?,47?,48+,55+/m1/s1. The number of aromatic nitrogens is 2. The fourth-order valence-corrected chi connectivity index (χ4v) is 9.50. The zero-order chi connectivity index (χ0) is 62.2. The number of rotatable bonds is 53. The Hall–Kier alpha value is -6.27. The van der Waals surface area contributed by atoms with Crippen molar-refractivity contribution in [3.05, 3.63) is 18.2 Å². The van der Waals surface area contributed by atoms with E-state index in [1.807, 2.05) is 0 Å². The second kappa shape index (κ2) is 43.4. The van der Waals surface area contributed by atoms with Crippen LogP contribution in [-0.4, -0.2) is 156 Å². The van der Waals surface area contributed by atoms with Crippen molar-refractivity contribution in [3.63, 3.8) is 0 Å². The first-order valence-corrected chi connectivity index (χ1v) is 29.8. The number of aromatic amines is 1. The predicted molar refractivity (Wildman–Crippen MR) is 306 cm³/mol. The Morgan fingerprint density at radius 3 is 1.66 bits per heavy atom. The first-order chi connectivity index (χ1) is 39.4. The van der Waals surface area contributed by atoms with E-state index in [2.05, 4.69) is 36.6 Å². The van der Waals surface area contributed by atoms with Gasteiger partial charge in [0.05, 0.1) is 38.0 Å². The van der Waals surface area contributed by atoms with Crippen LogP contribution in [0.5, 0.6) is 0 Å². The van der Waals surface area contributed by atoms with E-state index in [9.17, 15) is 78.0 Å². The monoisotopic (exact) mass is 1180 g/mol. The lowest BCUT2D eigenvalue weighted by atomic mass is 9.79.